The lowest BCUT2D eigenvalue weighted by Crippen LogP contribution is -2.09. The van der Waals surface area contributed by atoms with Crippen molar-refractivity contribution in [2.45, 2.75) is 32.7 Å². The summed E-state index contributed by atoms with van der Waals surface area (Å²) in [6, 6.07) is 4.68. The van der Waals surface area contributed by atoms with Gasteiger partial charge in [0.2, 0.25) is 0 Å². The van der Waals surface area contributed by atoms with E-state index in [0.717, 1.165) is 12.1 Å². The lowest BCUT2D eigenvalue weighted by Gasteiger charge is -2.13. The molecular formula is C16H17F4NO. The van der Waals surface area contributed by atoms with Gasteiger partial charge in [-0.1, -0.05) is 19.9 Å². The van der Waals surface area contributed by atoms with Gasteiger partial charge in [0.1, 0.15) is 5.82 Å². The number of aliphatic hydroxyl groups is 1. The van der Waals surface area contributed by atoms with Crippen LogP contribution in [0.1, 0.15) is 36.6 Å². The number of nitrogens with zero attached hydrogens (tertiary/aromatic N) is 1. The lowest BCUT2D eigenvalue weighted by molar-refractivity contribution is -0.140. The summed E-state index contributed by atoms with van der Waals surface area (Å²) in [6.07, 6.45) is -1.98. The smallest absolute Gasteiger partial charge is 0.388 e. The Balaban J connectivity index is 2.21. The van der Waals surface area contributed by atoms with Crippen molar-refractivity contribution in [3.05, 3.63) is 59.2 Å². The number of aromatic nitrogens is 1. The van der Waals surface area contributed by atoms with Gasteiger partial charge in [0, 0.05) is 18.9 Å². The zero-order valence-electron chi connectivity index (χ0n) is 12.2. The summed E-state index contributed by atoms with van der Waals surface area (Å²) in [5.41, 5.74) is -0.220. The van der Waals surface area contributed by atoms with Crippen LogP contribution in [-0.4, -0.2) is 9.67 Å². The number of benzene rings is 1. The fraction of sp³-hybridized carbons (Fsp3) is 0.375. The van der Waals surface area contributed by atoms with Gasteiger partial charge < -0.3 is 9.67 Å². The fourth-order valence-corrected chi connectivity index (χ4v) is 2.22. The first kappa shape index (κ1) is 16.5. The Kier molecular flexibility index (Phi) is 4.60. The second kappa shape index (κ2) is 6.12. The van der Waals surface area contributed by atoms with Crippen molar-refractivity contribution >= 4 is 0 Å². The third-order valence-electron chi connectivity index (χ3n) is 3.45. The fourth-order valence-electron chi connectivity index (χ4n) is 2.22. The first-order valence-electron chi connectivity index (χ1n) is 6.88. The third kappa shape index (κ3) is 3.68. The summed E-state index contributed by atoms with van der Waals surface area (Å²) in [6.45, 7) is 3.92. The van der Waals surface area contributed by atoms with Gasteiger partial charge in [-0.3, -0.25) is 0 Å². The van der Waals surface area contributed by atoms with Crippen molar-refractivity contribution in [1.29, 1.82) is 0 Å². The summed E-state index contributed by atoms with van der Waals surface area (Å²) in [5.74, 6) is -1.24. The van der Waals surface area contributed by atoms with Crippen LogP contribution >= 0.6 is 0 Å². The summed E-state index contributed by atoms with van der Waals surface area (Å²) < 4.78 is 53.0. The van der Waals surface area contributed by atoms with Gasteiger partial charge >= 0.3 is 6.18 Å². The van der Waals surface area contributed by atoms with E-state index in [-0.39, 0.29) is 12.5 Å². The Morgan fingerprint density at radius 2 is 1.86 bits per heavy atom. The van der Waals surface area contributed by atoms with Crippen molar-refractivity contribution in [2.24, 2.45) is 5.92 Å². The molecule has 0 radical (unpaired) electrons. The van der Waals surface area contributed by atoms with E-state index in [1.165, 1.54) is 6.07 Å². The zero-order chi connectivity index (χ0) is 16.5. The maximum Gasteiger partial charge on any atom is 0.419 e. The minimum Gasteiger partial charge on any atom is -0.388 e. The lowest BCUT2D eigenvalue weighted by atomic mass is 10.0. The van der Waals surface area contributed by atoms with Crippen LogP contribution in [0.25, 0.3) is 0 Å². The van der Waals surface area contributed by atoms with Crippen molar-refractivity contribution in [3.63, 3.8) is 0 Å². The molecule has 1 aromatic heterocycles. The minimum atomic E-state index is -4.71. The molecule has 2 aromatic rings. The highest BCUT2D eigenvalue weighted by Gasteiger charge is 2.34. The molecule has 0 saturated carbocycles. The number of alkyl halides is 3. The van der Waals surface area contributed by atoms with Crippen LogP contribution in [0, 0.1) is 11.7 Å². The maximum absolute atomic E-state index is 13.2. The number of aliphatic hydroxyl groups excluding tert-OH is 1. The number of hydrogen-bond donors (Lipinski definition) is 1. The van der Waals surface area contributed by atoms with Crippen molar-refractivity contribution in [3.8, 4) is 0 Å². The van der Waals surface area contributed by atoms with Crippen LogP contribution in [-0.2, 0) is 12.7 Å². The molecule has 1 heterocycles. The second-order valence-electron chi connectivity index (χ2n) is 5.62. The van der Waals surface area contributed by atoms with Crippen LogP contribution < -0.4 is 0 Å². The molecule has 22 heavy (non-hydrogen) atoms. The SMILES string of the molecule is CC(C)C(O)c1ccn(Cc2ccc(F)c(C(F)(F)F)c2)c1. The largest absolute Gasteiger partial charge is 0.419 e. The number of rotatable bonds is 4. The quantitative estimate of drug-likeness (QED) is 0.832. The number of halogens is 4. The molecule has 0 fully saturated rings. The Hall–Kier alpha value is -1.82. The van der Waals surface area contributed by atoms with Crippen molar-refractivity contribution < 1.29 is 22.7 Å². The summed E-state index contributed by atoms with van der Waals surface area (Å²) in [4.78, 5) is 0. The standard InChI is InChI=1S/C16H17F4NO/c1-10(2)15(22)12-5-6-21(9-12)8-11-3-4-14(17)13(7-11)16(18,19)20/h3-7,9-10,15,22H,8H2,1-2H3. The van der Waals surface area contributed by atoms with Crippen LogP contribution in [0.15, 0.2) is 36.7 Å². The topological polar surface area (TPSA) is 25.2 Å². The molecule has 0 amide bonds. The first-order chi connectivity index (χ1) is 10.2. The van der Waals surface area contributed by atoms with Crippen molar-refractivity contribution in [1.82, 2.24) is 4.57 Å². The van der Waals surface area contributed by atoms with E-state index in [1.807, 2.05) is 13.8 Å². The van der Waals surface area contributed by atoms with Gasteiger partial charge in [0.05, 0.1) is 11.7 Å². The molecule has 0 aliphatic rings. The molecule has 1 atom stereocenters. The molecule has 1 N–H and O–H groups in total. The Labute approximate surface area is 126 Å². The van der Waals surface area contributed by atoms with E-state index in [4.69, 9.17) is 0 Å². The van der Waals surface area contributed by atoms with E-state index in [1.54, 1.807) is 23.0 Å². The highest BCUT2D eigenvalue weighted by atomic mass is 19.4. The third-order valence-corrected chi connectivity index (χ3v) is 3.45. The van der Waals surface area contributed by atoms with Crippen LogP contribution in [0.3, 0.4) is 0 Å². The Bertz CT molecular complexity index is 646. The van der Waals surface area contributed by atoms with Gasteiger partial charge in [0.15, 0.2) is 0 Å². The Morgan fingerprint density at radius 3 is 2.45 bits per heavy atom. The van der Waals surface area contributed by atoms with Crippen LogP contribution in [0.5, 0.6) is 0 Å². The summed E-state index contributed by atoms with van der Waals surface area (Å²) >= 11 is 0. The molecule has 1 aromatic carbocycles. The van der Waals surface area contributed by atoms with E-state index in [2.05, 4.69) is 0 Å². The minimum absolute atomic E-state index is 0.0403. The van der Waals surface area contributed by atoms with E-state index < -0.39 is 23.7 Å². The normalized spacial score (nSPS) is 13.6. The average Bonchev–Trinajstić information content (AvgIpc) is 2.87. The summed E-state index contributed by atoms with van der Waals surface area (Å²) in [7, 11) is 0. The molecule has 0 bridgehead atoms. The maximum atomic E-state index is 13.2. The molecule has 2 rings (SSSR count). The van der Waals surface area contributed by atoms with Gasteiger partial charge in [-0.15, -0.1) is 0 Å². The van der Waals surface area contributed by atoms with Gasteiger partial charge in [-0.2, -0.15) is 13.2 Å². The first-order valence-corrected chi connectivity index (χ1v) is 6.88. The number of hydrogen-bond acceptors (Lipinski definition) is 1. The Morgan fingerprint density at radius 1 is 1.18 bits per heavy atom. The molecular weight excluding hydrogens is 298 g/mol. The van der Waals surface area contributed by atoms with Crippen LogP contribution in [0.2, 0.25) is 0 Å². The highest BCUT2D eigenvalue weighted by Crippen LogP contribution is 2.32. The molecule has 0 aliphatic heterocycles. The van der Waals surface area contributed by atoms with Crippen LogP contribution in [0.4, 0.5) is 17.6 Å². The predicted octanol–water partition coefficient (Wildman–Crippen LogP) is 4.38. The predicted molar refractivity (Wildman–Crippen MR) is 74.7 cm³/mol. The van der Waals surface area contributed by atoms with Gasteiger partial charge in [-0.05, 0) is 35.2 Å². The molecule has 120 valence electrons. The van der Waals surface area contributed by atoms with E-state index in [0.29, 0.717) is 11.1 Å². The molecule has 2 nitrogen and oxygen atoms in total. The highest BCUT2D eigenvalue weighted by molar-refractivity contribution is 5.28. The monoisotopic (exact) mass is 315 g/mol. The average molecular weight is 315 g/mol. The van der Waals surface area contributed by atoms with E-state index >= 15 is 0 Å². The molecule has 0 spiro atoms. The molecule has 1 unspecified atom stereocenters. The molecule has 6 heteroatoms. The van der Waals surface area contributed by atoms with E-state index in [9.17, 15) is 22.7 Å². The van der Waals surface area contributed by atoms with Gasteiger partial charge in [-0.25, -0.2) is 4.39 Å². The summed E-state index contributed by atoms with van der Waals surface area (Å²) in [5, 5.41) is 9.95. The second-order valence-corrected chi connectivity index (χ2v) is 5.62. The molecule has 0 saturated heterocycles. The van der Waals surface area contributed by atoms with Gasteiger partial charge in [0.25, 0.3) is 0 Å². The van der Waals surface area contributed by atoms with Crippen molar-refractivity contribution in [2.75, 3.05) is 0 Å². The zero-order valence-corrected chi connectivity index (χ0v) is 12.2. The molecule has 0 aliphatic carbocycles.